The van der Waals surface area contributed by atoms with Gasteiger partial charge in [-0.2, -0.15) is 0 Å². The summed E-state index contributed by atoms with van der Waals surface area (Å²) in [6, 6.07) is 0. The number of ether oxygens (including phenoxy) is 2. The molecule has 0 aromatic heterocycles. The predicted octanol–water partition coefficient (Wildman–Crippen LogP) is -5.55. The zero-order valence-corrected chi connectivity index (χ0v) is 12.0. The van der Waals surface area contributed by atoms with Crippen molar-refractivity contribution in [3.8, 4) is 0 Å². The second-order valence-corrected chi connectivity index (χ2v) is 5.21. The number of rotatable bonds is 8. The molecule has 11 nitrogen and oxygen atoms in total. The summed E-state index contributed by atoms with van der Waals surface area (Å²) in [5, 5.41) is 75.4. The molecular formula is C12H22O11. The quantitative estimate of drug-likeness (QED) is 0.196. The molecule has 1 heterocycles. The Labute approximate surface area is 130 Å². The third-order valence-corrected chi connectivity index (χ3v) is 3.51. The summed E-state index contributed by atoms with van der Waals surface area (Å²) in [6.45, 7) is -1.37. The van der Waals surface area contributed by atoms with Crippen LogP contribution in [0.15, 0.2) is 0 Å². The average Bonchev–Trinajstić information content (AvgIpc) is 2.56. The van der Waals surface area contributed by atoms with E-state index < -0.39 is 68.3 Å². The van der Waals surface area contributed by atoms with Crippen LogP contribution < -0.4 is 0 Å². The fourth-order valence-electron chi connectivity index (χ4n) is 2.01. The molecule has 1 saturated heterocycles. The number of aliphatic hydroxyl groups is 8. The van der Waals surface area contributed by atoms with Gasteiger partial charge in [0.2, 0.25) is 0 Å². The van der Waals surface area contributed by atoms with E-state index in [0.717, 1.165) is 0 Å². The average molecular weight is 342 g/mol. The second kappa shape index (κ2) is 8.94. The Morgan fingerprint density at radius 3 is 2.13 bits per heavy atom. The van der Waals surface area contributed by atoms with Crippen LogP contribution in [0.3, 0.4) is 0 Å². The van der Waals surface area contributed by atoms with Crippen LogP contribution >= 0.6 is 0 Å². The molecule has 23 heavy (non-hydrogen) atoms. The molecule has 0 aromatic carbocycles. The lowest BCUT2D eigenvalue weighted by Gasteiger charge is -2.40. The fraction of sp³-hybridized carbons (Fsp3) is 0.917. The van der Waals surface area contributed by atoms with E-state index in [-0.39, 0.29) is 6.29 Å². The van der Waals surface area contributed by atoms with Gasteiger partial charge in [-0.05, 0) is 0 Å². The van der Waals surface area contributed by atoms with E-state index in [1.807, 2.05) is 0 Å². The zero-order valence-electron chi connectivity index (χ0n) is 12.0. The summed E-state index contributed by atoms with van der Waals surface area (Å²) < 4.78 is 9.94. The minimum Gasteiger partial charge on any atom is -0.394 e. The Kier molecular flexibility index (Phi) is 7.89. The summed E-state index contributed by atoms with van der Waals surface area (Å²) >= 11 is 0. The van der Waals surface area contributed by atoms with E-state index >= 15 is 0 Å². The first-order valence-electron chi connectivity index (χ1n) is 6.84. The summed E-state index contributed by atoms with van der Waals surface area (Å²) in [7, 11) is 0. The number of aliphatic hydroxyl groups excluding tert-OH is 8. The molecule has 1 fully saturated rings. The Morgan fingerprint density at radius 1 is 1.00 bits per heavy atom. The highest BCUT2D eigenvalue weighted by atomic mass is 16.7. The SMILES string of the molecule is O=C[C@@H](O)[C@@H](O)[C@H](O)[C@H](O)CO[C@@H]1O[C@H](CO)[C@H](O)[C@H](O)[C@H]1O. The molecule has 136 valence electrons. The summed E-state index contributed by atoms with van der Waals surface area (Å²) in [6.07, 6.45) is -15.3. The zero-order chi connectivity index (χ0) is 17.7. The molecule has 0 spiro atoms. The number of aldehydes is 1. The maximum Gasteiger partial charge on any atom is 0.186 e. The van der Waals surface area contributed by atoms with Crippen molar-refractivity contribution in [1.82, 2.24) is 0 Å². The van der Waals surface area contributed by atoms with Crippen LogP contribution in [0.1, 0.15) is 0 Å². The van der Waals surface area contributed by atoms with E-state index in [2.05, 4.69) is 0 Å². The molecule has 1 rings (SSSR count). The molecule has 1 aliphatic rings. The van der Waals surface area contributed by atoms with Crippen molar-refractivity contribution in [3.05, 3.63) is 0 Å². The van der Waals surface area contributed by atoms with Crippen molar-refractivity contribution in [2.75, 3.05) is 13.2 Å². The first-order valence-corrected chi connectivity index (χ1v) is 6.84. The third kappa shape index (κ3) is 4.87. The lowest BCUT2D eigenvalue weighted by Crippen LogP contribution is -2.59. The standard InChI is InChI=1S/C12H22O11/c13-1-4(15)7(17)8(18)5(16)3-22-12-11(21)10(20)9(19)6(2-14)23-12/h1,4-12,14-21H,2-3H2/t4-,5-,6-,7-,8-,9+,10+,11-,12-/m1/s1. The molecule has 0 bridgehead atoms. The van der Waals surface area contributed by atoms with Crippen molar-refractivity contribution < 1.29 is 55.1 Å². The molecule has 1 aliphatic heterocycles. The Balaban J connectivity index is 2.57. The number of carbonyl (C=O) groups excluding carboxylic acids is 1. The van der Waals surface area contributed by atoms with E-state index in [0.29, 0.717) is 0 Å². The van der Waals surface area contributed by atoms with Gasteiger partial charge in [-0.25, -0.2) is 0 Å². The van der Waals surface area contributed by atoms with E-state index in [4.69, 9.17) is 19.7 Å². The number of hydrogen-bond acceptors (Lipinski definition) is 11. The minimum absolute atomic E-state index is 0.0287. The van der Waals surface area contributed by atoms with Gasteiger partial charge in [-0.3, -0.25) is 0 Å². The van der Waals surface area contributed by atoms with Crippen LogP contribution in [0.2, 0.25) is 0 Å². The van der Waals surface area contributed by atoms with Crippen LogP contribution in [0.5, 0.6) is 0 Å². The van der Waals surface area contributed by atoms with Gasteiger partial charge in [0.1, 0.15) is 48.8 Å². The molecule has 0 aliphatic carbocycles. The lowest BCUT2D eigenvalue weighted by molar-refractivity contribution is -0.306. The van der Waals surface area contributed by atoms with Crippen LogP contribution in [0.25, 0.3) is 0 Å². The van der Waals surface area contributed by atoms with Gasteiger partial charge in [0.25, 0.3) is 0 Å². The number of carbonyl (C=O) groups is 1. The highest BCUT2D eigenvalue weighted by Crippen LogP contribution is 2.22. The van der Waals surface area contributed by atoms with Gasteiger partial charge < -0.3 is 55.1 Å². The van der Waals surface area contributed by atoms with Crippen molar-refractivity contribution in [2.45, 2.75) is 55.1 Å². The van der Waals surface area contributed by atoms with Gasteiger partial charge in [-0.15, -0.1) is 0 Å². The summed E-state index contributed by atoms with van der Waals surface area (Å²) in [4.78, 5) is 10.3. The molecule has 11 heteroatoms. The van der Waals surface area contributed by atoms with E-state index in [1.165, 1.54) is 0 Å². The fourth-order valence-corrected chi connectivity index (χ4v) is 2.01. The van der Waals surface area contributed by atoms with Gasteiger partial charge in [0, 0.05) is 0 Å². The molecule has 0 unspecified atom stereocenters. The first-order chi connectivity index (χ1) is 10.7. The maximum atomic E-state index is 10.3. The molecule has 0 aromatic rings. The molecule has 0 amide bonds. The van der Waals surface area contributed by atoms with Crippen molar-refractivity contribution in [1.29, 1.82) is 0 Å². The van der Waals surface area contributed by atoms with Crippen LogP contribution in [0, 0.1) is 0 Å². The van der Waals surface area contributed by atoms with E-state index in [9.17, 15) is 35.4 Å². The largest absolute Gasteiger partial charge is 0.394 e. The Bertz CT molecular complexity index is 365. The monoisotopic (exact) mass is 342 g/mol. The Hall–Kier alpha value is -0.730. The second-order valence-electron chi connectivity index (χ2n) is 5.21. The molecule has 9 atom stereocenters. The molecule has 0 radical (unpaired) electrons. The van der Waals surface area contributed by atoms with Crippen LogP contribution in [-0.2, 0) is 14.3 Å². The summed E-state index contributed by atoms with van der Waals surface area (Å²) in [5.74, 6) is 0. The normalized spacial score (nSPS) is 37.0. The molecular weight excluding hydrogens is 320 g/mol. The van der Waals surface area contributed by atoms with Crippen LogP contribution in [-0.4, -0.2) is 115 Å². The van der Waals surface area contributed by atoms with Crippen LogP contribution in [0.4, 0.5) is 0 Å². The van der Waals surface area contributed by atoms with Crippen molar-refractivity contribution >= 4 is 6.29 Å². The van der Waals surface area contributed by atoms with Crippen molar-refractivity contribution in [2.24, 2.45) is 0 Å². The predicted molar refractivity (Wildman–Crippen MR) is 69.8 cm³/mol. The number of hydrogen-bond donors (Lipinski definition) is 8. The van der Waals surface area contributed by atoms with Gasteiger partial charge in [-0.1, -0.05) is 0 Å². The maximum absolute atomic E-state index is 10.3. The van der Waals surface area contributed by atoms with Gasteiger partial charge >= 0.3 is 0 Å². The highest BCUT2D eigenvalue weighted by molar-refractivity contribution is 5.56. The lowest BCUT2D eigenvalue weighted by atomic mass is 9.99. The third-order valence-electron chi connectivity index (χ3n) is 3.51. The smallest absolute Gasteiger partial charge is 0.186 e. The highest BCUT2D eigenvalue weighted by Gasteiger charge is 2.44. The topological polar surface area (TPSA) is 197 Å². The summed E-state index contributed by atoms with van der Waals surface area (Å²) in [5.41, 5.74) is 0. The van der Waals surface area contributed by atoms with Gasteiger partial charge in [0.15, 0.2) is 12.6 Å². The van der Waals surface area contributed by atoms with E-state index in [1.54, 1.807) is 0 Å². The first kappa shape index (κ1) is 20.3. The Morgan fingerprint density at radius 2 is 1.61 bits per heavy atom. The van der Waals surface area contributed by atoms with Crippen molar-refractivity contribution in [3.63, 3.8) is 0 Å². The molecule has 0 saturated carbocycles. The van der Waals surface area contributed by atoms with Gasteiger partial charge in [0.05, 0.1) is 13.2 Å². The minimum atomic E-state index is -1.96. The molecule has 8 N–H and O–H groups in total.